The fraction of sp³-hybridized carbons (Fsp3) is 0.214. The van der Waals surface area contributed by atoms with Crippen LogP contribution in [0.2, 0.25) is 0 Å². The molecule has 0 aliphatic carbocycles. The molecule has 0 amide bonds. The van der Waals surface area contributed by atoms with Gasteiger partial charge in [-0.05, 0) is 37.1 Å². The lowest BCUT2D eigenvalue weighted by Crippen LogP contribution is -2.04. The highest BCUT2D eigenvalue weighted by Crippen LogP contribution is 2.21. The molecule has 0 radical (unpaired) electrons. The zero-order valence-electron chi connectivity index (χ0n) is 10.9. The molecule has 1 N–H and O–H groups in total. The first-order chi connectivity index (χ1) is 9.06. The second-order valence-corrected chi connectivity index (χ2v) is 4.43. The molecule has 0 unspecified atom stereocenters. The summed E-state index contributed by atoms with van der Waals surface area (Å²) in [5, 5.41) is 14.0. The van der Waals surface area contributed by atoms with Crippen LogP contribution >= 0.6 is 0 Å². The molecule has 1 aromatic carbocycles. The molecule has 0 saturated carbocycles. The quantitative estimate of drug-likeness (QED) is 0.674. The van der Waals surface area contributed by atoms with Crippen molar-refractivity contribution in [2.75, 3.05) is 5.32 Å². The highest BCUT2D eigenvalue weighted by Gasteiger charge is 2.08. The Balaban J connectivity index is 2.16. The molecule has 2 rings (SSSR count). The van der Waals surface area contributed by atoms with Crippen molar-refractivity contribution in [3.63, 3.8) is 0 Å². The Hall–Kier alpha value is -2.43. The molecule has 1 aromatic heterocycles. The van der Waals surface area contributed by atoms with E-state index >= 15 is 0 Å². The van der Waals surface area contributed by atoms with Gasteiger partial charge in [-0.25, -0.2) is 0 Å². The monoisotopic (exact) mass is 257 g/mol. The summed E-state index contributed by atoms with van der Waals surface area (Å²) in [4.78, 5) is 14.7. The number of aromatic nitrogens is 1. The lowest BCUT2D eigenvalue weighted by molar-refractivity contribution is -0.384. The average molecular weight is 257 g/mol. The number of non-ortho nitro benzene ring substituents is 1. The van der Waals surface area contributed by atoms with Crippen molar-refractivity contribution in [2.24, 2.45) is 0 Å². The Morgan fingerprint density at radius 3 is 2.79 bits per heavy atom. The molecule has 19 heavy (non-hydrogen) atoms. The third kappa shape index (κ3) is 3.28. The Kier molecular flexibility index (Phi) is 3.75. The van der Waals surface area contributed by atoms with Gasteiger partial charge in [-0.2, -0.15) is 0 Å². The van der Waals surface area contributed by atoms with Crippen LogP contribution in [-0.2, 0) is 6.54 Å². The molecule has 5 nitrogen and oxygen atoms in total. The second kappa shape index (κ2) is 5.48. The lowest BCUT2D eigenvalue weighted by atomic mass is 10.2. The first-order valence-corrected chi connectivity index (χ1v) is 5.97. The lowest BCUT2D eigenvalue weighted by Gasteiger charge is -2.08. The third-order valence-corrected chi connectivity index (χ3v) is 2.85. The minimum atomic E-state index is -0.385. The first kappa shape index (κ1) is 13.0. The molecule has 0 bridgehead atoms. The van der Waals surface area contributed by atoms with Crippen molar-refractivity contribution in [1.29, 1.82) is 0 Å². The van der Waals surface area contributed by atoms with E-state index in [0.29, 0.717) is 6.54 Å². The summed E-state index contributed by atoms with van der Waals surface area (Å²) in [6.07, 6.45) is 1.74. The number of nitrogens with one attached hydrogen (secondary N) is 1. The number of nitro benzene ring substituents is 1. The van der Waals surface area contributed by atoms with Crippen LogP contribution in [0.4, 0.5) is 11.4 Å². The van der Waals surface area contributed by atoms with Crippen molar-refractivity contribution >= 4 is 11.4 Å². The largest absolute Gasteiger partial charge is 0.379 e. The molecular weight excluding hydrogens is 242 g/mol. The Morgan fingerprint density at radius 1 is 1.32 bits per heavy atom. The molecule has 1 heterocycles. The van der Waals surface area contributed by atoms with E-state index in [1.54, 1.807) is 12.3 Å². The Morgan fingerprint density at radius 2 is 2.11 bits per heavy atom. The van der Waals surface area contributed by atoms with Crippen LogP contribution in [0, 0.1) is 24.0 Å². The van der Waals surface area contributed by atoms with Gasteiger partial charge >= 0.3 is 0 Å². The minimum absolute atomic E-state index is 0.0974. The topological polar surface area (TPSA) is 68.1 Å². The van der Waals surface area contributed by atoms with Gasteiger partial charge in [0.25, 0.3) is 5.69 Å². The van der Waals surface area contributed by atoms with Gasteiger partial charge in [0.2, 0.25) is 0 Å². The molecule has 0 aliphatic heterocycles. The van der Waals surface area contributed by atoms with E-state index in [1.165, 1.54) is 6.07 Å². The van der Waals surface area contributed by atoms with Crippen molar-refractivity contribution in [1.82, 2.24) is 4.98 Å². The zero-order valence-corrected chi connectivity index (χ0v) is 10.9. The van der Waals surface area contributed by atoms with E-state index in [-0.39, 0.29) is 10.6 Å². The summed E-state index contributed by atoms with van der Waals surface area (Å²) in [5.41, 5.74) is 3.72. The van der Waals surface area contributed by atoms with Gasteiger partial charge in [-0.3, -0.25) is 15.1 Å². The maximum atomic E-state index is 10.8. The van der Waals surface area contributed by atoms with Crippen LogP contribution < -0.4 is 5.32 Å². The van der Waals surface area contributed by atoms with E-state index < -0.39 is 0 Å². The standard InChI is InChI=1S/C14H15N3O2/c1-10-6-12(8-13(7-10)17(18)19)16-9-14-11(2)4-3-5-15-14/h3-8,16H,9H2,1-2H3. The van der Waals surface area contributed by atoms with Crippen LogP contribution in [-0.4, -0.2) is 9.91 Å². The maximum Gasteiger partial charge on any atom is 0.271 e. The maximum absolute atomic E-state index is 10.8. The Bertz CT molecular complexity index is 611. The van der Waals surface area contributed by atoms with Crippen LogP contribution in [0.25, 0.3) is 0 Å². The van der Waals surface area contributed by atoms with E-state index in [0.717, 1.165) is 22.5 Å². The van der Waals surface area contributed by atoms with Crippen molar-refractivity contribution in [3.8, 4) is 0 Å². The molecule has 0 atom stereocenters. The molecule has 0 spiro atoms. The second-order valence-electron chi connectivity index (χ2n) is 4.43. The molecule has 98 valence electrons. The first-order valence-electron chi connectivity index (χ1n) is 5.97. The fourth-order valence-electron chi connectivity index (χ4n) is 1.86. The summed E-state index contributed by atoms with van der Waals surface area (Å²) in [5.74, 6) is 0. The number of hydrogen-bond donors (Lipinski definition) is 1. The number of anilines is 1. The number of pyridine rings is 1. The summed E-state index contributed by atoms with van der Waals surface area (Å²) < 4.78 is 0. The number of aryl methyl sites for hydroxylation is 2. The SMILES string of the molecule is Cc1cc(NCc2ncccc2C)cc([N+](=O)[O-])c1. The van der Waals surface area contributed by atoms with Crippen LogP contribution in [0.3, 0.4) is 0 Å². The molecule has 2 aromatic rings. The number of hydrogen-bond acceptors (Lipinski definition) is 4. The Labute approximate surface area is 111 Å². The normalized spacial score (nSPS) is 10.2. The van der Waals surface area contributed by atoms with E-state index in [4.69, 9.17) is 0 Å². The molecule has 5 heteroatoms. The number of benzene rings is 1. The summed E-state index contributed by atoms with van der Waals surface area (Å²) in [6, 6.07) is 8.84. The summed E-state index contributed by atoms with van der Waals surface area (Å²) in [6.45, 7) is 4.38. The highest BCUT2D eigenvalue weighted by atomic mass is 16.6. The predicted octanol–water partition coefficient (Wildman–Crippen LogP) is 3.22. The van der Waals surface area contributed by atoms with Gasteiger partial charge in [0.05, 0.1) is 17.2 Å². The highest BCUT2D eigenvalue weighted by molar-refractivity contribution is 5.54. The minimum Gasteiger partial charge on any atom is -0.379 e. The van der Waals surface area contributed by atoms with Gasteiger partial charge in [-0.1, -0.05) is 6.07 Å². The van der Waals surface area contributed by atoms with Gasteiger partial charge in [0.1, 0.15) is 0 Å². The third-order valence-electron chi connectivity index (χ3n) is 2.85. The van der Waals surface area contributed by atoms with Crippen LogP contribution in [0.15, 0.2) is 36.5 Å². The van der Waals surface area contributed by atoms with Crippen molar-refractivity contribution in [3.05, 3.63) is 63.5 Å². The number of rotatable bonds is 4. The van der Waals surface area contributed by atoms with Gasteiger partial charge < -0.3 is 5.32 Å². The van der Waals surface area contributed by atoms with Gasteiger partial charge in [-0.15, -0.1) is 0 Å². The van der Waals surface area contributed by atoms with E-state index in [9.17, 15) is 10.1 Å². The number of nitro groups is 1. The molecule has 0 fully saturated rings. The predicted molar refractivity (Wildman–Crippen MR) is 74.1 cm³/mol. The summed E-state index contributed by atoms with van der Waals surface area (Å²) in [7, 11) is 0. The number of nitrogens with zero attached hydrogens (tertiary/aromatic N) is 2. The van der Waals surface area contributed by atoms with Gasteiger partial charge in [0, 0.05) is 24.0 Å². The zero-order chi connectivity index (χ0) is 13.8. The molecular formula is C14H15N3O2. The molecule has 0 saturated heterocycles. The van der Waals surface area contributed by atoms with E-state index in [1.807, 2.05) is 32.0 Å². The average Bonchev–Trinajstić information content (AvgIpc) is 2.37. The fourth-order valence-corrected chi connectivity index (χ4v) is 1.86. The van der Waals surface area contributed by atoms with Crippen molar-refractivity contribution in [2.45, 2.75) is 20.4 Å². The van der Waals surface area contributed by atoms with Crippen molar-refractivity contribution < 1.29 is 4.92 Å². The van der Waals surface area contributed by atoms with Gasteiger partial charge in [0.15, 0.2) is 0 Å². The van der Waals surface area contributed by atoms with E-state index in [2.05, 4.69) is 10.3 Å². The van der Waals surface area contributed by atoms with Crippen LogP contribution in [0.5, 0.6) is 0 Å². The van der Waals surface area contributed by atoms with Crippen LogP contribution in [0.1, 0.15) is 16.8 Å². The smallest absolute Gasteiger partial charge is 0.271 e. The molecule has 0 aliphatic rings. The summed E-state index contributed by atoms with van der Waals surface area (Å²) >= 11 is 0.